The van der Waals surface area contributed by atoms with Gasteiger partial charge in [0.15, 0.2) is 0 Å². The predicted molar refractivity (Wildman–Crippen MR) is 73.1 cm³/mol. The Labute approximate surface area is 113 Å². The molecule has 1 rings (SSSR count). The first-order chi connectivity index (χ1) is 9.30. The second-order valence-corrected chi connectivity index (χ2v) is 4.13. The average Bonchev–Trinajstić information content (AvgIpc) is 2.44. The number of hydrazine groups is 1. The molecule has 3 N–H and O–H groups in total. The third-order valence-corrected chi connectivity index (χ3v) is 2.39. The van der Waals surface area contributed by atoms with Crippen LogP contribution in [0.2, 0.25) is 0 Å². The molecule has 0 saturated carbocycles. The predicted octanol–water partition coefficient (Wildman–Crippen LogP) is 1.91. The zero-order valence-electron chi connectivity index (χ0n) is 11.7. The summed E-state index contributed by atoms with van der Waals surface area (Å²) in [6.45, 7) is 5.31. The van der Waals surface area contributed by atoms with Gasteiger partial charge in [-0.3, -0.25) is 5.43 Å². The summed E-state index contributed by atoms with van der Waals surface area (Å²) >= 11 is 0. The van der Waals surface area contributed by atoms with Crippen molar-refractivity contribution in [3.05, 3.63) is 0 Å². The Kier molecular flexibility index (Phi) is 7.57. The van der Waals surface area contributed by atoms with Crippen molar-refractivity contribution in [2.24, 2.45) is 5.84 Å². The molecule has 0 unspecified atom stereocenters. The number of nitrogens with zero attached hydrogens (tertiary/aromatic N) is 3. The molecule has 0 saturated heterocycles. The molecular weight excluding hydrogens is 246 g/mol. The number of nitrogen functional groups attached to an aromatic ring is 1. The van der Waals surface area contributed by atoms with Crippen LogP contribution in [0.3, 0.4) is 0 Å². The summed E-state index contributed by atoms with van der Waals surface area (Å²) in [4.78, 5) is 12.1. The molecule has 0 radical (unpaired) electrons. The zero-order chi connectivity index (χ0) is 13.9. The van der Waals surface area contributed by atoms with E-state index < -0.39 is 0 Å². The van der Waals surface area contributed by atoms with E-state index >= 15 is 0 Å². The Balaban J connectivity index is 2.50. The second-order valence-electron chi connectivity index (χ2n) is 4.13. The smallest absolute Gasteiger partial charge is 0.324 e. The number of anilines is 1. The number of hydrogen-bond donors (Lipinski definition) is 2. The molecule has 0 aliphatic carbocycles. The maximum atomic E-state index is 5.48. The lowest BCUT2D eigenvalue weighted by atomic mass is 10.2. The van der Waals surface area contributed by atoms with E-state index in [1.54, 1.807) is 0 Å². The summed E-state index contributed by atoms with van der Waals surface area (Å²) in [7, 11) is 0. The lowest BCUT2D eigenvalue weighted by molar-refractivity contribution is 0.257. The van der Waals surface area contributed by atoms with Crippen LogP contribution in [0.4, 0.5) is 5.95 Å². The number of ether oxygens (including phenoxy) is 2. The molecule has 1 aromatic rings. The maximum absolute atomic E-state index is 5.48. The van der Waals surface area contributed by atoms with Gasteiger partial charge in [0.05, 0.1) is 13.2 Å². The first-order valence-corrected chi connectivity index (χ1v) is 6.78. The van der Waals surface area contributed by atoms with Crippen molar-refractivity contribution >= 4 is 5.95 Å². The Hall–Kier alpha value is -1.63. The molecule has 19 heavy (non-hydrogen) atoms. The van der Waals surface area contributed by atoms with Crippen LogP contribution >= 0.6 is 0 Å². The lowest BCUT2D eigenvalue weighted by Gasteiger charge is -2.08. The quantitative estimate of drug-likeness (QED) is 0.380. The standard InChI is InChI=1S/C12H23N5O2/c1-3-5-6-7-9-19-12-15-10(17-13)14-11(16-12)18-8-4-2/h3-9,13H2,1-2H3,(H,14,15,16,17). The van der Waals surface area contributed by atoms with Gasteiger partial charge in [-0.1, -0.05) is 33.1 Å². The molecule has 0 amide bonds. The summed E-state index contributed by atoms with van der Waals surface area (Å²) < 4.78 is 10.8. The maximum Gasteiger partial charge on any atom is 0.324 e. The van der Waals surface area contributed by atoms with Gasteiger partial charge in [0, 0.05) is 0 Å². The van der Waals surface area contributed by atoms with Crippen LogP contribution in [0.25, 0.3) is 0 Å². The molecule has 0 aliphatic heterocycles. The number of aromatic nitrogens is 3. The van der Waals surface area contributed by atoms with Crippen LogP contribution in [0.15, 0.2) is 0 Å². The van der Waals surface area contributed by atoms with Crippen molar-refractivity contribution in [3.63, 3.8) is 0 Å². The number of nitrogens with two attached hydrogens (primary N) is 1. The van der Waals surface area contributed by atoms with Crippen molar-refractivity contribution < 1.29 is 9.47 Å². The highest BCUT2D eigenvalue weighted by atomic mass is 16.5. The molecule has 1 heterocycles. The van der Waals surface area contributed by atoms with Crippen LogP contribution in [0.5, 0.6) is 12.0 Å². The van der Waals surface area contributed by atoms with Gasteiger partial charge in [0.25, 0.3) is 0 Å². The molecule has 0 atom stereocenters. The van der Waals surface area contributed by atoms with E-state index in [-0.39, 0.29) is 18.0 Å². The van der Waals surface area contributed by atoms with Crippen LogP contribution in [-0.2, 0) is 0 Å². The minimum absolute atomic E-state index is 0.230. The highest BCUT2D eigenvalue weighted by Crippen LogP contribution is 2.13. The average molecular weight is 269 g/mol. The molecule has 0 aliphatic rings. The van der Waals surface area contributed by atoms with E-state index in [2.05, 4.69) is 27.3 Å². The highest BCUT2D eigenvalue weighted by molar-refractivity contribution is 5.25. The van der Waals surface area contributed by atoms with Gasteiger partial charge in [-0.2, -0.15) is 9.97 Å². The monoisotopic (exact) mass is 269 g/mol. The Bertz CT molecular complexity index is 362. The van der Waals surface area contributed by atoms with Gasteiger partial charge < -0.3 is 9.47 Å². The van der Waals surface area contributed by atoms with E-state index in [1.165, 1.54) is 12.8 Å². The second kappa shape index (κ2) is 9.32. The van der Waals surface area contributed by atoms with Crippen molar-refractivity contribution in [1.29, 1.82) is 0 Å². The SMILES string of the molecule is CCCCCCOc1nc(NN)nc(OCCC)n1. The van der Waals surface area contributed by atoms with Crippen molar-refractivity contribution in [2.75, 3.05) is 18.6 Å². The number of unbranched alkanes of at least 4 members (excludes halogenated alkanes) is 3. The molecule has 0 spiro atoms. The molecular formula is C12H23N5O2. The summed E-state index contributed by atoms with van der Waals surface area (Å²) in [6, 6.07) is 0.471. The zero-order valence-corrected chi connectivity index (χ0v) is 11.7. The summed E-state index contributed by atoms with van der Waals surface area (Å²) in [5.74, 6) is 5.54. The first kappa shape index (κ1) is 15.4. The van der Waals surface area contributed by atoms with E-state index in [0.717, 1.165) is 19.3 Å². The molecule has 0 aromatic carbocycles. The van der Waals surface area contributed by atoms with Gasteiger partial charge in [-0.15, -0.1) is 4.98 Å². The molecule has 1 aromatic heterocycles. The van der Waals surface area contributed by atoms with E-state index in [9.17, 15) is 0 Å². The van der Waals surface area contributed by atoms with Crippen LogP contribution in [0, 0.1) is 0 Å². The number of hydrogen-bond acceptors (Lipinski definition) is 7. The Morgan fingerprint density at radius 3 is 2.16 bits per heavy atom. The van der Waals surface area contributed by atoms with Gasteiger partial charge in [0.2, 0.25) is 5.95 Å². The number of nitrogens with one attached hydrogen (secondary N) is 1. The third kappa shape index (κ3) is 6.19. The molecule has 0 bridgehead atoms. The van der Waals surface area contributed by atoms with Crippen LogP contribution in [0.1, 0.15) is 46.0 Å². The highest BCUT2D eigenvalue weighted by Gasteiger charge is 2.07. The fraction of sp³-hybridized carbons (Fsp3) is 0.750. The molecule has 7 heteroatoms. The lowest BCUT2D eigenvalue weighted by Crippen LogP contribution is -2.14. The minimum atomic E-state index is 0.230. The summed E-state index contributed by atoms with van der Waals surface area (Å²) in [6.07, 6.45) is 5.41. The summed E-state index contributed by atoms with van der Waals surface area (Å²) in [5.41, 5.74) is 2.37. The van der Waals surface area contributed by atoms with E-state index in [4.69, 9.17) is 15.3 Å². The molecule has 0 fully saturated rings. The molecule has 108 valence electrons. The number of rotatable bonds is 10. The normalized spacial score (nSPS) is 10.3. The van der Waals surface area contributed by atoms with Gasteiger partial charge >= 0.3 is 12.0 Å². The van der Waals surface area contributed by atoms with Crippen LogP contribution in [-0.4, -0.2) is 28.2 Å². The van der Waals surface area contributed by atoms with E-state index in [1.807, 2.05) is 6.92 Å². The first-order valence-electron chi connectivity index (χ1n) is 6.78. The topological polar surface area (TPSA) is 95.2 Å². The Morgan fingerprint density at radius 2 is 1.58 bits per heavy atom. The third-order valence-electron chi connectivity index (χ3n) is 2.39. The fourth-order valence-corrected chi connectivity index (χ4v) is 1.42. The van der Waals surface area contributed by atoms with E-state index in [0.29, 0.717) is 13.2 Å². The van der Waals surface area contributed by atoms with Crippen molar-refractivity contribution in [1.82, 2.24) is 15.0 Å². The van der Waals surface area contributed by atoms with Crippen molar-refractivity contribution in [3.8, 4) is 12.0 Å². The fourth-order valence-electron chi connectivity index (χ4n) is 1.42. The van der Waals surface area contributed by atoms with Crippen LogP contribution < -0.4 is 20.7 Å². The Morgan fingerprint density at radius 1 is 0.895 bits per heavy atom. The summed E-state index contributed by atoms with van der Waals surface area (Å²) in [5, 5.41) is 0. The van der Waals surface area contributed by atoms with Gasteiger partial charge in [-0.05, 0) is 12.8 Å². The largest absolute Gasteiger partial charge is 0.463 e. The van der Waals surface area contributed by atoms with Crippen molar-refractivity contribution in [2.45, 2.75) is 46.0 Å². The van der Waals surface area contributed by atoms with Gasteiger partial charge in [0.1, 0.15) is 0 Å². The molecule has 7 nitrogen and oxygen atoms in total. The van der Waals surface area contributed by atoms with Gasteiger partial charge in [-0.25, -0.2) is 5.84 Å². The minimum Gasteiger partial charge on any atom is -0.463 e.